The third kappa shape index (κ3) is 1.47. The van der Waals surface area contributed by atoms with Crippen LogP contribution in [-0.4, -0.2) is 10.2 Å². The Bertz CT molecular complexity index is 299. The molecule has 4 N–H and O–H groups in total. The van der Waals surface area contributed by atoms with Gasteiger partial charge >= 0.3 is 0 Å². The lowest BCUT2D eigenvalue weighted by Crippen LogP contribution is -2.05. The smallest absolute Gasteiger partial charge is 0.163 e. The number of hydrogen-bond donors (Lipinski definition) is 3. The maximum atomic E-state index is 9.33. The Balaban J connectivity index is 3.33. The van der Waals surface area contributed by atoms with E-state index < -0.39 is 6.04 Å². The Hall–Kier alpha value is -0.930. The van der Waals surface area contributed by atoms with Crippen LogP contribution in [0.3, 0.4) is 0 Å². The zero-order chi connectivity index (χ0) is 9.30. The van der Waals surface area contributed by atoms with Gasteiger partial charge in [-0.25, -0.2) is 0 Å². The summed E-state index contributed by atoms with van der Waals surface area (Å²) < 4.78 is 0. The summed E-state index contributed by atoms with van der Waals surface area (Å²) in [5.41, 5.74) is 5.90. The molecule has 0 fully saturated rings. The molecule has 0 aliphatic heterocycles. The Labute approximate surface area is 75.4 Å². The summed E-state index contributed by atoms with van der Waals surface area (Å²) in [7, 11) is 0. The van der Waals surface area contributed by atoms with Gasteiger partial charge in [-0.05, 0) is 19.1 Å². The fourth-order valence-electron chi connectivity index (χ4n) is 1.01. The molecule has 1 aromatic rings. The van der Waals surface area contributed by atoms with Gasteiger partial charge in [0.25, 0.3) is 0 Å². The minimum Gasteiger partial charge on any atom is -0.504 e. The van der Waals surface area contributed by atoms with Crippen molar-refractivity contribution in [2.24, 2.45) is 5.73 Å². The fourth-order valence-corrected chi connectivity index (χ4v) is 1.33. The second-order valence-corrected chi connectivity index (χ2v) is 3.02. The summed E-state index contributed by atoms with van der Waals surface area (Å²) in [5, 5.41) is 18.8. The van der Waals surface area contributed by atoms with Crippen molar-refractivity contribution in [3.63, 3.8) is 0 Å². The van der Waals surface area contributed by atoms with Crippen LogP contribution in [0.25, 0.3) is 0 Å². The van der Waals surface area contributed by atoms with Gasteiger partial charge in [-0.2, -0.15) is 0 Å². The molecular weight excluding hydrogens is 178 g/mol. The van der Waals surface area contributed by atoms with Crippen LogP contribution in [0.5, 0.6) is 11.5 Å². The Morgan fingerprint density at radius 3 is 2.42 bits per heavy atom. The molecule has 0 saturated heterocycles. The fraction of sp³-hybridized carbons (Fsp3) is 0.250. The zero-order valence-corrected chi connectivity index (χ0v) is 7.34. The normalized spacial score (nSPS) is 12.9. The zero-order valence-electron chi connectivity index (χ0n) is 6.58. The van der Waals surface area contributed by atoms with Gasteiger partial charge in [0.15, 0.2) is 11.5 Å². The second kappa shape index (κ2) is 3.21. The molecule has 12 heavy (non-hydrogen) atoms. The molecule has 66 valence electrons. The molecule has 1 unspecified atom stereocenters. The molecule has 0 spiro atoms. The molecule has 1 rings (SSSR count). The Kier molecular flexibility index (Phi) is 2.45. The summed E-state index contributed by atoms with van der Waals surface area (Å²) in [5.74, 6) is -0.441. The van der Waals surface area contributed by atoms with E-state index in [0.29, 0.717) is 10.6 Å². The van der Waals surface area contributed by atoms with Crippen LogP contribution in [-0.2, 0) is 0 Å². The van der Waals surface area contributed by atoms with Gasteiger partial charge in [-0.15, -0.1) is 0 Å². The summed E-state index contributed by atoms with van der Waals surface area (Å²) in [6.07, 6.45) is 0. The van der Waals surface area contributed by atoms with E-state index in [-0.39, 0.29) is 11.5 Å². The van der Waals surface area contributed by atoms with E-state index in [4.69, 9.17) is 22.4 Å². The highest BCUT2D eigenvalue weighted by atomic mass is 35.5. The first-order valence-electron chi connectivity index (χ1n) is 3.50. The van der Waals surface area contributed by atoms with Crippen LogP contribution in [0.15, 0.2) is 12.1 Å². The average molecular weight is 188 g/mol. The highest BCUT2D eigenvalue weighted by Gasteiger charge is 2.13. The Morgan fingerprint density at radius 2 is 2.00 bits per heavy atom. The predicted molar refractivity (Wildman–Crippen MR) is 47.4 cm³/mol. The lowest BCUT2D eigenvalue weighted by atomic mass is 10.1. The van der Waals surface area contributed by atoms with E-state index >= 15 is 0 Å². The number of benzene rings is 1. The van der Waals surface area contributed by atoms with Gasteiger partial charge in [-0.1, -0.05) is 11.6 Å². The van der Waals surface area contributed by atoms with Crippen LogP contribution < -0.4 is 5.73 Å². The minimum atomic E-state index is -0.399. The van der Waals surface area contributed by atoms with Gasteiger partial charge < -0.3 is 15.9 Å². The summed E-state index contributed by atoms with van der Waals surface area (Å²) >= 11 is 5.75. The number of rotatable bonds is 1. The monoisotopic (exact) mass is 187 g/mol. The summed E-state index contributed by atoms with van der Waals surface area (Å²) in [6.45, 7) is 1.68. The SMILES string of the molecule is CC(N)c1c(Cl)ccc(O)c1O. The average Bonchev–Trinajstić information content (AvgIpc) is 1.97. The van der Waals surface area contributed by atoms with Crippen LogP contribution >= 0.6 is 11.6 Å². The molecule has 3 nitrogen and oxygen atoms in total. The molecular formula is C8H10ClNO2. The van der Waals surface area contributed by atoms with Crippen LogP contribution in [0, 0.1) is 0 Å². The largest absolute Gasteiger partial charge is 0.504 e. The van der Waals surface area contributed by atoms with Gasteiger partial charge in [0.05, 0.1) is 0 Å². The molecule has 0 aliphatic carbocycles. The highest BCUT2D eigenvalue weighted by molar-refractivity contribution is 6.31. The first kappa shape index (κ1) is 9.16. The first-order chi connectivity index (χ1) is 5.54. The van der Waals surface area contributed by atoms with E-state index in [2.05, 4.69) is 0 Å². The Morgan fingerprint density at radius 1 is 1.42 bits per heavy atom. The number of phenolic OH excluding ortho intramolecular Hbond substituents is 2. The molecule has 0 aromatic heterocycles. The van der Waals surface area contributed by atoms with Crippen molar-refractivity contribution in [3.8, 4) is 11.5 Å². The molecule has 4 heteroatoms. The van der Waals surface area contributed by atoms with Crippen LogP contribution in [0.4, 0.5) is 0 Å². The van der Waals surface area contributed by atoms with Crippen molar-refractivity contribution < 1.29 is 10.2 Å². The lowest BCUT2D eigenvalue weighted by molar-refractivity contribution is 0.397. The second-order valence-electron chi connectivity index (χ2n) is 2.62. The van der Waals surface area contributed by atoms with E-state index in [9.17, 15) is 5.11 Å². The van der Waals surface area contributed by atoms with Crippen LogP contribution in [0.2, 0.25) is 5.02 Å². The van der Waals surface area contributed by atoms with E-state index in [1.165, 1.54) is 12.1 Å². The summed E-state index contributed by atoms with van der Waals surface area (Å²) in [4.78, 5) is 0. The van der Waals surface area contributed by atoms with Crippen molar-refractivity contribution >= 4 is 11.6 Å². The molecule has 1 aromatic carbocycles. The minimum absolute atomic E-state index is 0.202. The van der Waals surface area contributed by atoms with Gasteiger partial charge in [0, 0.05) is 16.6 Å². The van der Waals surface area contributed by atoms with Crippen molar-refractivity contribution in [3.05, 3.63) is 22.7 Å². The van der Waals surface area contributed by atoms with Crippen molar-refractivity contribution in [2.75, 3.05) is 0 Å². The molecule has 1 atom stereocenters. The van der Waals surface area contributed by atoms with E-state index in [0.717, 1.165) is 0 Å². The lowest BCUT2D eigenvalue weighted by Gasteiger charge is -2.11. The summed E-state index contributed by atoms with van der Waals surface area (Å²) in [6, 6.07) is 2.42. The van der Waals surface area contributed by atoms with Crippen molar-refractivity contribution in [2.45, 2.75) is 13.0 Å². The number of nitrogens with two attached hydrogens (primary N) is 1. The number of phenols is 2. The third-order valence-corrected chi connectivity index (χ3v) is 1.93. The van der Waals surface area contributed by atoms with E-state index in [1.54, 1.807) is 6.92 Å². The van der Waals surface area contributed by atoms with Gasteiger partial charge in [-0.3, -0.25) is 0 Å². The topological polar surface area (TPSA) is 66.5 Å². The maximum absolute atomic E-state index is 9.33. The van der Waals surface area contributed by atoms with Crippen molar-refractivity contribution in [1.82, 2.24) is 0 Å². The van der Waals surface area contributed by atoms with Gasteiger partial charge in [0.2, 0.25) is 0 Å². The molecule has 0 amide bonds. The first-order valence-corrected chi connectivity index (χ1v) is 3.87. The highest BCUT2D eigenvalue weighted by Crippen LogP contribution is 2.36. The van der Waals surface area contributed by atoms with Gasteiger partial charge in [0.1, 0.15) is 0 Å². The third-order valence-electron chi connectivity index (χ3n) is 1.60. The predicted octanol–water partition coefficient (Wildman–Crippen LogP) is 1.77. The number of hydrogen-bond acceptors (Lipinski definition) is 3. The molecule has 0 aliphatic rings. The van der Waals surface area contributed by atoms with E-state index in [1.807, 2.05) is 0 Å². The standard InChI is InChI=1S/C8H10ClNO2/c1-4(10)7-5(9)2-3-6(11)8(7)12/h2-4,11-12H,10H2,1H3. The van der Waals surface area contributed by atoms with Crippen LogP contribution in [0.1, 0.15) is 18.5 Å². The molecule has 0 saturated carbocycles. The number of aromatic hydroxyl groups is 2. The maximum Gasteiger partial charge on any atom is 0.163 e. The molecule has 0 heterocycles. The molecule has 0 bridgehead atoms. The van der Waals surface area contributed by atoms with Crippen molar-refractivity contribution in [1.29, 1.82) is 0 Å². The quantitative estimate of drug-likeness (QED) is 0.587. The molecule has 0 radical (unpaired) electrons. The number of halogens is 1.